The van der Waals surface area contributed by atoms with Gasteiger partial charge in [-0.15, -0.1) is 0 Å². The van der Waals surface area contributed by atoms with E-state index in [1.165, 1.54) is 37.7 Å². The molecule has 0 aromatic heterocycles. The number of likely N-dealkylation sites (tertiary alicyclic amines) is 1. The Bertz CT molecular complexity index is 1030. The summed E-state index contributed by atoms with van der Waals surface area (Å²) in [6, 6.07) is 15.4. The van der Waals surface area contributed by atoms with E-state index >= 15 is 0 Å². The van der Waals surface area contributed by atoms with E-state index in [9.17, 15) is 13.2 Å². The van der Waals surface area contributed by atoms with Crippen LogP contribution in [0.1, 0.15) is 43.2 Å². The van der Waals surface area contributed by atoms with Gasteiger partial charge in [0.1, 0.15) is 5.75 Å². The van der Waals surface area contributed by atoms with Gasteiger partial charge >= 0.3 is 0 Å². The van der Waals surface area contributed by atoms with Crippen molar-refractivity contribution < 1.29 is 13.2 Å². The van der Waals surface area contributed by atoms with Crippen LogP contribution in [0.4, 0.5) is 11.4 Å². The maximum Gasteiger partial charge on any atom is 0.241 e. The predicted molar refractivity (Wildman–Crippen MR) is 133 cm³/mol. The third-order valence-corrected chi connectivity index (χ3v) is 7.56. The summed E-state index contributed by atoms with van der Waals surface area (Å²) >= 11 is 0. The van der Waals surface area contributed by atoms with Crippen LogP contribution >= 0.6 is 0 Å². The van der Waals surface area contributed by atoms with Crippen molar-refractivity contribution in [2.45, 2.75) is 45.2 Å². The molecule has 8 heteroatoms. The van der Waals surface area contributed by atoms with Gasteiger partial charge in [0.05, 0.1) is 0 Å². The fourth-order valence-electron chi connectivity index (χ4n) is 4.59. The average molecular weight is 471 g/mol. The highest BCUT2D eigenvalue weighted by atomic mass is 32.2. The lowest BCUT2D eigenvalue weighted by Crippen LogP contribution is -2.33. The standard InChI is InChI=1S/C25H34N4O3S/c30-25(26-18-21-8-2-3-9-22(21)19-28-14-6-7-15-28)20-33(31,32)27-23-10-12-24(13-11-23)29-16-4-1-5-17-29/h2-3,8-13,27H,1,4-7,14-20H2,(H,26,30). The third kappa shape index (κ3) is 6.95. The van der Waals surface area contributed by atoms with Crippen molar-refractivity contribution in [1.82, 2.24) is 10.2 Å². The summed E-state index contributed by atoms with van der Waals surface area (Å²) < 4.78 is 27.6. The highest BCUT2D eigenvalue weighted by Crippen LogP contribution is 2.22. The molecule has 2 heterocycles. The summed E-state index contributed by atoms with van der Waals surface area (Å²) in [6.45, 7) is 5.45. The monoisotopic (exact) mass is 470 g/mol. The highest BCUT2D eigenvalue weighted by molar-refractivity contribution is 7.93. The van der Waals surface area contributed by atoms with Crippen LogP contribution in [0.2, 0.25) is 0 Å². The van der Waals surface area contributed by atoms with Gasteiger partial charge in [-0.25, -0.2) is 8.42 Å². The minimum absolute atomic E-state index is 0.322. The van der Waals surface area contributed by atoms with Crippen molar-refractivity contribution in [3.63, 3.8) is 0 Å². The van der Waals surface area contributed by atoms with Crippen molar-refractivity contribution >= 4 is 27.3 Å². The predicted octanol–water partition coefficient (Wildman–Crippen LogP) is 3.33. The second-order valence-electron chi connectivity index (χ2n) is 8.98. The van der Waals surface area contributed by atoms with Crippen molar-refractivity contribution in [3.05, 3.63) is 59.7 Å². The first-order valence-electron chi connectivity index (χ1n) is 11.9. The molecule has 2 aliphatic heterocycles. The minimum atomic E-state index is -3.79. The number of rotatable bonds is 9. The summed E-state index contributed by atoms with van der Waals surface area (Å²) in [4.78, 5) is 17.1. The number of carbonyl (C=O) groups is 1. The molecule has 2 aromatic rings. The molecule has 7 nitrogen and oxygen atoms in total. The molecule has 0 saturated carbocycles. The maximum absolute atomic E-state index is 12.5. The van der Waals surface area contributed by atoms with E-state index in [0.29, 0.717) is 12.2 Å². The Morgan fingerprint density at radius 3 is 2.15 bits per heavy atom. The molecule has 33 heavy (non-hydrogen) atoms. The van der Waals surface area contributed by atoms with Crippen LogP contribution < -0.4 is 14.9 Å². The molecule has 2 saturated heterocycles. The van der Waals surface area contributed by atoms with Crippen LogP contribution in [0.25, 0.3) is 0 Å². The van der Waals surface area contributed by atoms with Gasteiger partial charge in [0.25, 0.3) is 0 Å². The number of benzene rings is 2. The van der Waals surface area contributed by atoms with Crippen LogP contribution in [0.15, 0.2) is 48.5 Å². The Morgan fingerprint density at radius 2 is 1.45 bits per heavy atom. The number of nitrogens with zero attached hydrogens (tertiary/aromatic N) is 2. The molecule has 0 spiro atoms. The summed E-state index contributed by atoms with van der Waals surface area (Å²) in [5.74, 6) is -1.11. The Balaban J connectivity index is 1.28. The zero-order valence-corrected chi connectivity index (χ0v) is 19.9. The van der Waals surface area contributed by atoms with Gasteiger partial charge in [0, 0.05) is 37.6 Å². The second kappa shape index (κ2) is 11.0. The van der Waals surface area contributed by atoms with Crippen molar-refractivity contribution in [3.8, 4) is 0 Å². The molecule has 2 aromatic carbocycles. The Morgan fingerprint density at radius 1 is 0.818 bits per heavy atom. The van der Waals surface area contributed by atoms with Gasteiger partial charge in [0.15, 0.2) is 0 Å². The van der Waals surface area contributed by atoms with Crippen LogP contribution in [0.3, 0.4) is 0 Å². The molecule has 0 bridgehead atoms. The largest absolute Gasteiger partial charge is 0.372 e. The molecule has 2 N–H and O–H groups in total. The first-order valence-corrected chi connectivity index (χ1v) is 13.6. The molecule has 1 amide bonds. The number of anilines is 2. The zero-order valence-electron chi connectivity index (χ0n) is 19.1. The van der Waals surface area contributed by atoms with Gasteiger partial charge < -0.3 is 10.2 Å². The summed E-state index contributed by atoms with van der Waals surface area (Å²) in [5.41, 5.74) is 3.77. The Labute approximate surface area is 197 Å². The van der Waals surface area contributed by atoms with Crippen molar-refractivity contribution in [2.24, 2.45) is 0 Å². The van der Waals surface area contributed by atoms with Crippen LogP contribution in [0.5, 0.6) is 0 Å². The number of nitrogens with one attached hydrogen (secondary N) is 2. The van der Waals surface area contributed by atoms with E-state index in [2.05, 4.69) is 25.9 Å². The lowest BCUT2D eigenvalue weighted by molar-refractivity contribution is -0.118. The lowest BCUT2D eigenvalue weighted by Gasteiger charge is -2.28. The number of amides is 1. The summed E-state index contributed by atoms with van der Waals surface area (Å²) in [6.07, 6.45) is 6.09. The molecule has 0 atom stereocenters. The van der Waals surface area contributed by atoms with Gasteiger partial charge in [-0.3, -0.25) is 14.4 Å². The molecule has 178 valence electrons. The van der Waals surface area contributed by atoms with E-state index in [4.69, 9.17) is 0 Å². The van der Waals surface area contributed by atoms with E-state index in [1.807, 2.05) is 30.3 Å². The highest BCUT2D eigenvalue weighted by Gasteiger charge is 2.18. The molecule has 0 radical (unpaired) electrons. The molecule has 0 aliphatic carbocycles. The smallest absolute Gasteiger partial charge is 0.241 e. The van der Waals surface area contributed by atoms with Gasteiger partial charge in [-0.1, -0.05) is 24.3 Å². The zero-order chi connectivity index (χ0) is 23.1. The minimum Gasteiger partial charge on any atom is -0.372 e. The van der Waals surface area contributed by atoms with Gasteiger partial charge in [0.2, 0.25) is 15.9 Å². The number of hydrogen-bond acceptors (Lipinski definition) is 5. The van der Waals surface area contributed by atoms with E-state index in [-0.39, 0.29) is 0 Å². The first kappa shape index (κ1) is 23.6. The van der Waals surface area contributed by atoms with Crippen molar-refractivity contribution in [2.75, 3.05) is 41.6 Å². The Hall–Kier alpha value is -2.58. The van der Waals surface area contributed by atoms with Crippen molar-refractivity contribution in [1.29, 1.82) is 0 Å². The number of hydrogen-bond donors (Lipinski definition) is 2. The third-order valence-electron chi connectivity index (χ3n) is 6.37. The molecule has 2 aliphatic rings. The quantitative estimate of drug-likeness (QED) is 0.588. The van der Waals surface area contributed by atoms with Crippen LogP contribution in [-0.4, -0.2) is 51.2 Å². The van der Waals surface area contributed by atoms with E-state index in [1.54, 1.807) is 12.1 Å². The molecule has 2 fully saturated rings. The van der Waals surface area contributed by atoms with Crippen LogP contribution in [0, 0.1) is 0 Å². The number of sulfonamides is 1. The molecule has 4 rings (SSSR count). The summed E-state index contributed by atoms with van der Waals surface area (Å²) in [7, 11) is -3.79. The topological polar surface area (TPSA) is 81.8 Å². The second-order valence-corrected chi connectivity index (χ2v) is 10.7. The summed E-state index contributed by atoms with van der Waals surface area (Å²) in [5, 5.41) is 2.77. The van der Waals surface area contributed by atoms with E-state index < -0.39 is 21.7 Å². The molecule has 0 unspecified atom stereocenters. The molecular weight excluding hydrogens is 436 g/mol. The SMILES string of the molecule is O=C(CS(=O)(=O)Nc1ccc(N2CCCCC2)cc1)NCc1ccccc1CN1CCCC1. The fraction of sp³-hybridized carbons (Fsp3) is 0.480. The van der Waals surface area contributed by atoms with E-state index in [0.717, 1.165) is 44.0 Å². The number of carbonyl (C=O) groups excluding carboxylic acids is 1. The fourth-order valence-corrected chi connectivity index (χ4v) is 5.61. The van der Waals surface area contributed by atoms with Gasteiger partial charge in [-0.2, -0.15) is 0 Å². The van der Waals surface area contributed by atoms with Crippen LogP contribution in [-0.2, 0) is 27.9 Å². The Kier molecular flexibility index (Phi) is 7.88. The van der Waals surface area contributed by atoms with Gasteiger partial charge in [-0.05, 0) is 80.6 Å². The normalized spacial score (nSPS) is 17.2. The number of piperidine rings is 1. The lowest BCUT2D eigenvalue weighted by atomic mass is 10.1. The maximum atomic E-state index is 12.5. The average Bonchev–Trinajstić information content (AvgIpc) is 3.32. The first-order chi connectivity index (χ1) is 16.0. The molecular formula is C25H34N4O3S.